The quantitative estimate of drug-likeness (QED) is 0.257. The van der Waals surface area contributed by atoms with Crippen LogP contribution in [0.5, 0.6) is 11.5 Å². The maximum absolute atomic E-state index is 14.4. The van der Waals surface area contributed by atoms with E-state index in [2.05, 4.69) is 0 Å². The predicted octanol–water partition coefficient (Wildman–Crippen LogP) is 7.53. The third-order valence-corrected chi connectivity index (χ3v) is 19.2. The monoisotopic (exact) mass is 704 g/mol. The van der Waals surface area contributed by atoms with Crippen molar-refractivity contribution in [2.45, 2.75) is 133 Å². The van der Waals surface area contributed by atoms with Crippen molar-refractivity contribution >= 4 is 16.8 Å². The first-order chi connectivity index (χ1) is 21.4. The van der Waals surface area contributed by atoms with Crippen molar-refractivity contribution in [3.63, 3.8) is 0 Å². The van der Waals surface area contributed by atoms with Crippen LogP contribution in [0.2, 0.25) is 0 Å². The molecule has 5 aliphatic heterocycles. The minimum atomic E-state index is -6.56. The van der Waals surface area contributed by atoms with Gasteiger partial charge in [0.25, 0.3) is 0 Å². The summed E-state index contributed by atoms with van der Waals surface area (Å²) in [4.78, 5) is 1.16. The summed E-state index contributed by atoms with van der Waals surface area (Å²) in [7, 11) is -1.60. The van der Waals surface area contributed by atoms with E-state index in [1.165, 1.54) is 0 Å². The van der Waals surface area contributed by atoms with E-state index in [1.54, 1.807) is 13.8 Å². The number of ether oxygens (including phenoxy) is 3. The summed E-state index contributed by atoms with van der Waals surface area (Å²) in [6.45, 7) is 17.1. The van der Waals surface area contributed by atoms with E-state index >= 15 is 0 Å². The number of aliphatic hydroxyl groups excluding tert-OH is 1. The predicted molar refractivity (Wildman–Crippen MR) is 169 cm³/mol. The van der Waals surface area contributed by atoms with Gasteiger partial charge >= 0.3 is 276 Å². The molecular formula is C33H44F3O9PS. The Morgan fingerprint density at radius 3 is 1.87 bits per heavy atom. The first kappa shape index (κ1) is 33.8. The molecule has 47 heavy (non-hydrogen) atoms. The number of aliphatic hydroxyl groups is 1. The van der Waals surface area contributed by atoms with E-state index < -0.39 is 76.9 Å². The van der Waals surface area contributed by atoms with Gasteiger partial charge in [-0.2, -0.15) is 0 Å². The second-order valence-corrected chi connectivity index (χ2v) is 23.9. The molecule has 14 heteroatoms. The van der Waals surface area contributed by atoms with Gasteiger partial charge in [0.15, 0.2) is 0 Å². The van der Waals surface area contributed by atoms with Crippen LogP contribution in [0.1, 0.15) is 77.6 Å². The van der Waals surface area contributed by atoms with Crippen LogP contribution in [-0.2, 0) is 49.1 Å². The summed E-state index contributed by atoms with van der Waals surface area (Å²) >= 11 is 0. The van der Waals surface area contributed by atoms with Crippen molar-refractivity contribution in [3.8, 4) is 11.5 Å². The Kier molecular flexibility index (Phi) is 6.87. The molecule has 1 spiro atoms. The molecule has 0 unspecified atom stereocenters. The van der Waals surface area contributed by atoms with Gasteiger partial charge in [-0.25, -0.2) is 0 Å². The molecule has 2 aromatic rings. The number of benzene rings is 2. The van der Waals surface area contributed by atoms with Gasteiger partial charge in [-0.05, 0) is 0 Å². The summed E-state index contributed by atoms with van der Waals surface area (Å²) < 4.78 is 94.8. The van der Waals surface area contributed by atoms with Gasteiger partial charge in [0.05, 0.1) is 0 Å². The van der Waals surface area contributed by atoms with Crippen molar-refractivity contribution < 1.29 is 55.1 Å². The standard InChI is InChI=1S/C33H44F3O9PS/c1-17-11-19(30(3,4)5)25-22(13-17)47-23-14-18(2)12-20(31(6,7)8)26(23)45-46(47,44-25,39-16-33(34,35)36)38-15-21(43-46)27-24(37)28-29(40-27)42-32(9,10)41-28/h11-14,21,24,27-29,37H,15-16H2,1-10H3/t21-,24+,27-,28-,29-/m1/s1. The fourth-order valence-corrected chi connectivity index (χ4v) is 19.0. The number of halogens is 3. The van der Waals surface area contributed by atoms with Crippen molar-refractivity contribution in [2.24, 2.45) is 0 Å². The SMILES string of the molecule is Cc1cc2c(c(C(C)(C)C)c1)O[P-]13(OCC(F)(F)F)(OC[C@H]([C@H]4O[C@@H]5OC(C)(C)O[C@@H]5[C@H]4O)O1)Oc1c(cc(C)cc1C(C)(C)C)[S+]23. The Bertz CT molecular complexity index is 1610. The molecule has 0 bridgehead atoms. The first-order valence-electron chi connectivity index (χ1n) is 15.8. The van der Waals surface area contributed by atoms with Crippen LogP contribution < -0.4 is 9.05 Å². The molecule has 0 aromatic heterocycles. The first-order valence-corrected chi connectivity index (χ1v) is 19.9. The van der Waals surface area contributed by atoms with Crippen molar-refractivity contribution in [3.05, 3.63) is 46.5 Å². The molecule has 262 valence electrons. The molecule has 5 heterocycles. The summed E-state index contributed by atoms with van der Waals surface area (Å²) in [6, 6.07) is 7.68. The van der Waals surface area contributed by atoms with Gasteiger partial charge in [-0.1, -0.05) is 0 Å². The second kappa shape index (κ2) is 9.56. The summed E-state index contributed by atoms with van der Waals surface area (Å²) in [6.07, 6.45) is -16.7. The molecule has 1 N–H and O–H groups in total. The Hall–Kier alpha value is -1.67. The fourth-order valence-electron chi connectivity index (χ4n) is 7.17. The Morgan fingerprint density at radius 1 is 0.872 bits per heavy atom. The molecule has 3 saturated heterocycles. The third-order valence-electron chi connectivity index (χ3n) is 9.12. The van der Waals surface area contributed by atoms with Crippen LogP contribution >= 0.6 is 6.28 Å². The van der Waals surface area contributed by atoms with Gasteiger partial charge in [0.1, 0.15) is 0 Å². The number of fused-ring (bicyclic) bond motifs is 5. The Morgan fingerprint density at radius 2 is 1.40 bits per heavy atom. The molecular weight excluding hydrogens is 660 g/mol. The van der Waals surface area contributed by atoms with Crippen LogP contribution in [0, 0.1) is 13.8 Å². The van der Waals surface area contributed by atoms with E-state index in [-0.39, 0.29) is 6.61 Å². The van der Waals surface area contributed by atoms with Crippen molar-refractivity contribution in [1.29, 1.82) is 0 Å². The second-order valence-electron chi connectivity index (χ2n) is 15.8. The number of aryl methyl sites for hydroxylation is 2. The van der Waals surface area contributed by atoms with Crippen LogP contribution in [-0.4, -0.2) is 61.0 Å². The minimum absolute atomic E-state index is 0.312. The third kappa shape index (κ3) is 4.82. The van der Waals surface area contributed by atoms with E-state index in [0.29, 0.717) is 21.3 Å². The average molecular weight is 705 g/mol. The van der Waals surface area contributed by atoms with E-state index in [9.17, 15) is 18.3 Å². The number of hydrogen-bond acceptors (Lipinski definition) is 9. The Balaban J connectivity index is 1.48. The molecule has 0 amide bonds. The fraction of sp³-hybridized carbons (Fsp3) is 0.636. The summed E-state index contributed by atoms with van der Waals surface area (Å²) in [5.74, 6) is -0.374. The van der Waals surface area contributed by atoms with Gasteiger partial charge in [-0.3, -0.25) is 0 Å². The zero-order valence-electron chi connectivity index (χ0n) is 28.3. The summed E-state index contributed by atoms with van der Waals surface area (Å²) in [5, 5.41) is 11.4. The molecule has 7 rings (SSSR count). The molecule has 0 aliphatic carbocycles. The van der Waals surface area contributed by atoms with E-state index in [0.717, 1.165) is 22.3 Å². The average Bonchev–Trinajstić information content (AvgIpc) is 3.64. The number of rotatable bonds is 3. The number of hydrogen-bond donors (Lipinski definition) is 1. The van der Waals surface area contributed by atoms with Gasteiger partial charge in [-0.15, -0.1) is 0 Å². The van der Waals surface area contributed by atoms with E-state index in [1.807, 2.05) is 79.7 Å². The topological polar surface area (TPSA) is 94.1 Å². The van der Waals surface area contributed by atoms with Gasteiger partial charge in [0, 0.05) is 0 Å². The molecule has 0 radical (unpaired) electrons. The maximum atomic E-state index is 14.4. The van der Waals surface area contributed by atoms with Crippen LogP contribution in [0.25, 0.3) is 0 Å². The van der Waals surface area contributed by atoms with E-state index in [4.69, 9.17) is 36.8 Å². The molecule has 2 aromatic carbocycles. The van der Waals surface area contributed by atoms with Crippen LogP contribution in [0.15, 0.2) is 34.1 Å². The van der Waals surface area contributed by atoms with Crippen LogP contribution in [0.3, 0.4) is 0 Å². The molecule has 9 nitrogen and oxygen atoms in total. The molecule has 5 atom stereocenters. The Labute approximate surface area is 275 Å². The molecule has 3 fully saturated rings. The zero-order chi connectivity index (χ0) is 34.4. The zero-order valence-corrected chi connectivity index (χ0v) is 30.0. The molecule has 0 saturated carbocycles. The normalized spacial score (nSPS) is 33.9. The van der Waals surface area contributed by atoms with Crippen molar-refractivity contribution in [2.75, 3.05) is 13.2 Å². The van der Waals surface area contributed by atoms with Crippen LogP contribution in [0.4, 0.5) is 13.2 Å². The summed E-state index contributed by atoms with van der Waals surface area (Å²) in [5.41, 5.74) is 2.24. The van der Waals surface area contributed by atoms with Crippen molar-refractivity contribution in [1.82, 2.24) is 0 Å². The van der Waals surface area contributed by atoms with Gasteiger partial charge < -0.3 is 0 Å². The van der Waals surface area contributed by atoms with Gasteiger partial charge in [0.2, 0.25) is 0 Å². The number of alkyl halides is 3. The molecule has 5 aliphatic rings.